The molecule has 2 rings (SSSR count). The molecule has 0 saturated heterocycles. The molecule has 24 heavy (non-hydrogen) atoms. The van der Waals surface area contributed by atoms with Crippen LogP contribution in [0.3, 0.4) is 0 Å². The van der Waals surface area contributed by atoms with E-state index < -0.39 is 10.0 Å². The first-order chi connectivity index (χ1) is 11.4. The van der Waals surface area contributed by atoms with Crippen LogP contribution >= 0.6 is 0 Å². The quantitative estimate of drug-likeness (QED) is 0.792. The highest BCUT2D eigenvalue weighted by atomic mass is 32.2. The number of nitriles is 1. The third kappa shape index (κ3) is 5.30. The van der Waals surface area contributed by atoms with Crippen LogP contribution in [0.4, 0.5) is 5.82 Å². The molecule has 0 aliphatic carbocycles. The summed E-state index contributed by atoms with van der Waals surface area (Å²) < 4.78 is 26.4. The van der Waals surface area contributed by atoms with E-state index in [1.54, 1.807) is 26.0 Å². The van der Waals surface area contributed by atoms with E-state index in [9.17, 15) is 8.42 Å². The minimum absolute atomic E-state index is 0.0539. The average Bonchev–Trinajstić information content (AvgIpc) is 2.53. The maximum Gasteiger partial charge on any atom is 0.216 e. The Morgan fingerprint density at radius 3 is 2.38 bits per heavy atom. The third-order valence-corrected chi connectivity index (χ3v) is 4.60. The van der Waals surface area contributed by atoms with Gasteiger partial charge in [-0.1, -0.05) is 24.3 Å². The van der Waals surface area contributed by atoms with E-state index >= 15 is 0 Å². The summed E-state index contributed by atoms with van der Waals surface area (Å²) in [5, 5.41) is 12.0. The number of aromatic nitrogens is 2. The first-order valence-corrected chi connectivity index (χ1v) is 9.07. The van der Waals surface area contributed by atoms with Crippen LogP contribution in [-0.4, -0.2) is 24.4 Å². The Hall–Kier alpha value is -2.50. The van der Waals surface area contributed by atoms with Crippen molar-refractivity contribution in [2.45, 2.75) is 32.2 Å². The summed E-state index contributed by atoms with van der Waals surface area (Å²) >= 11 is 0. The van der Waals surface area contributed by atoms with Gasteiger partial charge in [-0.3, -0.25) is 0 Å². The lowest BCUT2D eigenvalue weighted by Gasteiger charge is -2.10. The van der Waals surface area contributed by atoms with Gasteiger partial charge in [0.25, 0.3) is 0 Å². The average molecular weight is 345 g/mol. The molecule has 1 aromatic heterocycles. The van der Waals surface area contributed by atoms with Crippen LogP contribution in [0, 0.1) is 11.3 Å². The number of rotatable bonds is 7. The molecule has 0 fully saturated rings. The lowest BCUT2D eigenvalue weighted by Crippen LogP contribution is -2.31. The molecular formula is C16H19N5O2S. The standard InChI is InChI=1S/C16H19N5O2S/c1-12(2)21-24(22,23)11-14-5-3-13(4-6-14)10-20-16-15(9-17)18-7-8-19-16/h3-8,12,21H,10-11H2,1-2H3,(H,19,20). The van der Waals surface area contributed by atoms with Crippen LogP contribution < -0.4 is 10.0 Å². The molecule has 0 amide bonds. The molecule has 0 aliphatic rings. The molecule has 0 saturated carbocycles. The van der Waals surface area contributed by atoms with E-state index in [0.29, 0.717) is 17.9 Å². The molecule has 2 aromatic rings. The van der Waals surface area contributed by atoms with Crippen molar-refractivity contribution in [3.8, 4) is 6.07 Å². The fourth-order valence-electron chi connectivity index (χ4n) is 2.11. The van der Waals surface area contributed by atoms with Gasteiger partial charge >= 0.3 is 0 Å². The van der Waals surface area contributed by atoms with Gasteiger partial charge in [0.05, 0.1) is 5.75 Å². The van der Waals surface area contributed by atoms with E-state index in [1.165, 1.54) is 12.4 Å². The molecule has 0 bridgehead atoms. The number of sulfonamides is 1. The summed E-state index contributed by atoms with van der Waals surface area (Å²) in [6.07, 6.45) is 2.98. The molecule has 126 valence electrons. The molecular weight excluding hydrogens is 326 g/mol. The smallest absolute Gasteiger partial charge is 0.216 e. The summed E-state index contributed by atoms with van der Waals surface area (Å²) in [5.41, 5.74) is 1.89. The first-order valence-electron chi connectivity index (χ1n) is 7.42. The van der Waals surface area contributed by atoms with E-state index in [4.69, 9.17) is 5.26 Å². The normalized spacial score (nSPS) is 11.2. The van der Waals surface area contributed by atoms with E-state index in [-0.39, 0.29) is 17.5 Å². The largest absolute Gasteiger partial charge is 0.364 e. The Kier molecular flexibility index (Phi) is 5.84. The first kappa shape index (κ1) is 17.8. The van der Waals surface area contributed by atoms with Gasteiger partial charge in [0.15, 0.2) is 11.5 Å². The maximum absolute atomic E-state index is 11.9. The lowest BCUT2D eigenvalue weighted by molar-refractivity contribution is 0.569. The molecule has 0 atom stereocenters. The Bertz CT molecular complexity index is 826. The van der Waals surface area contributed by atoms with Crippen molar-refractivity contribution in [1.29, 1.82) is 5.26 Å². The molecule has 1 heterocycles. The topological polar surface area (TPSA) is 108 Å². The Morgan fingerprint density at radius 1 is 1.12 bits per heavy atom. The minimum atomic E-state index is -3.33. The Morgan fingerprint density at radius 2 is 1.75 bits per heavy atom. The van der Waals surface area contributed by atoms with Crippen LogP contribution in [0.1, 0.15) is 30.7 Å². The Labute approximate surface area is 141 Å². The van der Waals surface area contributed by atoms with Gasteiger partial charge in [-0.2, -0.15) is 5.26 Å². The van der Waals surface area contributed by atoms with Crippen molar-refractivity contribution in [3.63, 3.8) is 0 Å². The van der Waals surface area contributed by atoms with Crippen molar-refractivity contribution in [1.82, 2.24) is 14.7 Å². The summed E-state index contributed by atoms with van der Waals surface area (Å²) in [5.74, 6) is 0.370. The van der Waals surface area contributed by atoms with Crippen LogP contribution in [0.25, 0.3) is 0 Å². The second-order valence-corrected chi connectivity index (χ2v) is 7.32. The van der Waals surface area contributed by atoms with Crippen molar-refractivity contribution in [2.75, 3.05) is 5.32 Å². The highest BCUT2D eigenvalue weighted by Crippen LogP contribution is 2.12. The molecule has 0 unspecified atom stereocenters. The molecule has 1 aromatic carbocycles. The van der Waals surface area contributed by atoms with E-state index in [1.807, 2.05) is 18.2 Å². The molecule has 0 aliphatic heterocycles. The van der Waals surface area contributed by atoms with E-state index in [0.717, 1.165) is 5.56 Å². The van der Waals surface area contributed by atoms with Crippen LogP contribution in [0.5, 0.6) is 0 Å². The van der Waals surface area contributed by atoms with Crippen molar-refractivity contribution in [2.24, 2.45) is 0 Å². The molecule has 0 radical (unpaired) electrons. The summed E-state index contributed by atoms with van der Waals surface area (Å²) in [6.45, 7) is 4.03. The van der Waals surface area contributed by atoms with Crippen LogP contribution in [0.2, 0.25) is 0 Å². The van der Waals surface area contributed by atoms with Gasteiger partial charge in [0, 0.05) is 25.0 Å². The highest BCUT2D eigenvalue weighted by molar-refractivity contribution is 7.88. The summed E-state index contributed by atoms with van der Waals surface area (Å²) in [6, 6.07) is 9.09. The summed E-state index contributed by atoms with van der Waals surface area (Å²) in [7, 11) is -3.33. The van der Waals surface area contributed by atoms with Crippen molar-refractivity contribution in [3.05, 3.63) is 53.5 Å². The number of hydrogen-bond donors (Lipinski definition) is 2. The Balaban J connectivity index is 1.99. The monoisotopic (exact) mass is 345 g/mol. The van der Waals surface area contributed by atoms with Gasteiger partial charge in [0.2, 0.25) is 10.0 Å². The SMILES string of the molecule is CC(C)NS(=O)(=O)Cc1ccc(CNc2nccnc2C#N)cc1. The van der Waals surface area contributed by atoms with Gasteiger partial charge < -0.3 is 5.32 Å². The molecule has 0 spiro atoms. The number of nitrogens with zero attached hydrogens (tertiary/aromatic N) is 3. The zero-order chi connectivity index (χ0) is 17.6. The second-order valence-electron chi connectivity index (χ2n) is 5.57. The highest BCUT2D eigenvalue weighted by Gasteiger charge is 2.12. The summed E-state index contributed by atoms with van der Waals surface area (Å²) in [4.78, 5) is 8.00. The number of hydrogen-bond acceptors (Lipinski definition) is 6. The van der Waals surface area contributed by atoms with Gasteiger partial charge in [-0.05, 0) is 25.0 Å². The van der Waals surface area contributed by atoms with Gasteiger partial charge in [-0.25, -0.2) is 23.1 Å². The van der Waals surface area contributed by atoms with Crippen LogP contribution in [-0.2, 0) is 22.3 Å². The van der Waals surface area contributed by atoms with Crippen molar-refractivity contribution < 1.29 is 8.42 Å². The predicted octanol–water partition coefficient (Wildman–Crippen LogP) is 1.79. The minimum Gasteiger partial charge on any atom is -0.364 e. The van der Waals surface area contributed by atoms with Gasteiger partial charge in [0.1, 0.15) is 6.07 Å². The van der Waals surface area contributed by atoms with Crippen molar-refractivity contribution >= 4 is 15.8 Å². The fraction of sp³-hybridized carbons (Fsp3) is 0.312. The predicted molar refractivity (Wildman–Crippen MR) is 91.4 cm³/mol. The number of anilines is 1. The third-order valence-electron chi connectivity index (χ3n) is 3.06. The maximum atomic E-state index is 11.9. The molecule has 8 heteroatoms. The molecule has 7 nitrogen and oxygen atoms in total. The lowest BCUT2D eigenvalue weighted by atomic mass is 10.1. The number of nitrogens with one attached hydrogen (secondary N) is 2. The zero-order valence-corrected chi connectivity index (χ0v) is 14.3. The fourth-order valence-corrected chi connectivity index (χ4v) is 3.54. The van der Waals surface area contributed by atoms with Gasteiger partial charge in [-0.15, -0.1) is 0 Å². The van der Waals surface area contributed by atoms with E-state index in [2.05, 4.69) is 20.0 Å². The second kappa shape index (κ2) is 7.86. The zero-order valence-electron chi connectivity index (χ0n) is 13.5. The van der Waals surface area contributed by atoms with Crippen LogP contribution in [0.15, 0.2) is 36.7 Å². The molecule has 2 N–H and O–H groups in total. The number of benzene rings is 1.